The first-order chi connectivity index (χ1) is 18.7. The smallest absolute Gasteiger partial charge is 0.195 e. The average molecular weight is 568 g/mol. The van der Waals surface area contributed by atoms with Gasteiger partial charge < -0.3 is 14.2 Å². The van der Waals surface area contributed by atoms with Crippen molar-refractivity contribution in [3.8, 4) is 5.75 Å². The average Bonchev–Trinajstić information content (AvgIpc) is 3.60. The van der Waals surface area contributed by atoms with E-state index >= 15 is 0 Å². The summed E-state index contributed by atoms with van der Waals surface area (Å²) < 4.78 is 31.3. The summed E-state index contributed by atoms with van der Waals surface area (Å²) in [5, 5.41) is 3.33. The van der Waals surface area contributed by atoms with Crippen LogP contribution in [0.4, 0.5) is 10.8 Å². The SMILES string of the molecule is CCCN(CC(C)CCC(=O)C(C)n1ccc2ccc(OC)cc21)c1ccc(S(=N)(=O)Nc2nccs2)cc1. The Morgan fingerprint density at radius 3 is 2.64 bits per heavy atom. The van der Waals surface area contributed by atoms with Crippen LogP contribution in [0.25, 0.3) is 10.9 Å². The Morgan fingerprint density at radius 2 is 1.97 bits per heavy atom. The predicted molar refractivity (Wildman–Crippen MR) is 160 cm³/mol. The maximum atomic E-state index is 13.2. The number of aromatic nitrogens is 2. The lowest BCUT2D eigenvalue weighted by Gasteiger charge is -2.28. The van der Waals surface area contributed by atoms with E-state index in [1.165, 1.54) is 11.3 Å². The van der Waals surface area contributed by atoms with E-state index in [0.29, 0.717) is 22.4 Å². The molecule has 4 aromatic rings. The Morgan fingerprint density at radius 1 is 1.21 bits per heavy atom. The maximum Gasteiger partial charge on any atom is 0.195 e. The zero-order valence-electron chi connectivity index (χ0n) is 22.9. The summed E-state index contributed by atoms with van der Waals surface area (Å²) in [5.74, 6) is 1.30. The van der Waals surface area contributed by atoms with E-state index in [4.69, 9.17) is 9.52 Å². The van der Waals surface area contributed by atoms with Crippen molar-refractivity contribution >= 4 is 48.8 Å². The van der Waals surface area contributed by atoms with Gasteiger partial charge in [0.2, 0.25) is 0 Å². The van der Waals surface area contributed by atoms with Crippen molar-refractivity contribution in [3.63, 3.8) is 0 Å². The van der Waals surface area contributed by atoms with Gasteiger partial charge in [0.05, 0.1) is 23.6 Å². The minimum absolute atomic E-state index is 0.214. The summed E-state index contributed by atoms with van der Waals surface area (Å²) in [5.41, 5.74) is 2.02. The number of carbonyl (C=O) groups is 1. The number of fused-ring (bicyclic) bond motifs is 1. The first kappa shape index (κ1) is 28.6. The molecule has 4 rings (SSSR count). The molecule has 0 spiro atoms. The molecule has 0 amide bonds. The van der Waals surface area contributed by atoms with Crippen LogP contribution in [0, 0.1) is 10.7 Å². The third kappa shape index (κ3) is 6.99. The standard InChI is InChI=1S/C29H37N5O3S2/c1-5-16-33(24-8-11-26(12-9-24)39(30,36)32-29-31-15-18-38-29)20-21(2)6-13-28(35)22(3)34-17-14-23-7-10-25(37-4)19-27(23)34/h7-12,14-15,17-19,21-22H,5-6,13,16,20H2,1-4H3,(H2,30,31,32,36). The molecular weight excluding hydrogens is 530 g/mol. The third-order valence-corrected chi connectivity index (χ3v) is 9.15. The second-order valence-electron chi connectivity index (χ2n) is 9.87. The van der Waals surface area contributed by atoms with Crippen LogP contribution in [0.15, 0.2) is 71.2 Å². The number of methoxy groups -OCH3 is 1. The van der Waals surface area contributed by atoms with Gasteiger partial charge in [-0.15, -0.1) is 11.3 Å². The molecule has 0 aliphatic heterocycles. The number of carbonyl (C=O) groups excluding carboxylic acids is 1. The van der Waals surface area contributed by atoms with Crippen LogP contribution >= 0.6 is 11.3 Å². The topological polar surface area (TPSA) is 100 Å². The summed E-state index contributed by atoms with van der Waals surface area (Å²) in [4.78, 5) is 19.9. The summed E-state index contributed by atoms with van der Waals surface area (Å²) >= 11 is 1.32. The van der Waals surface area contributed by atoms with Gasteiger partial charge in [0.15, 0.2) is 20.8 Å². The molecule has 0 fully saturated rings. The number of benzene rings is 2. The summed E-state index contributed by atoms with van der Waals surface area (Å²) in [6, 6.07) is 15.1. The Kier molecular flexibility index (Phi) is 9.29. The number of nitrogens with one attached hydrogen (secondary N) is 2. The molecule has 8 nitrogen and oxygen atoms in total. The fourth-order valence-electron chi connectivity index (χ4n) is 4.71. The number of ether oxygens (including phenoxy) is 1. The molecule has 10 heteroatoms. The number of thiazole rings is 1. The van der Waals surface area contributed by atoms with Crippen molar-refractivity contribution in [3.05, 3.63) is 66.3 Å². The number of hydrogen-bond acceptors (Lipinski definition) is 7. The lowest BCUT2D eigenvalue weighted by Crippen LogP contribution is -2.30. The van der Waals surface area contributed by atoms with Gasteiger partial charge in [0.1, 0.15) is 5.75 Å². The number of nitrogens with zero attached hydrogens (tertiary/aromatic N) is 3. The number of ketones is 1. The number of hydrogen-bond donors (Lipinski definition) is 2. The second-order valence-corrected chi connectivity index (χ2v) is 12.6. The maximum absolute atomic E-state index is 13.2. The molecule has 2 aromatic carbocycles. The third-order valence-electron chi connectivity index (χ3n) is 6.92. The van der Waals surface area contributed by atoms with E-state index in [9.17, 15) is 9.00 Å². The van der Waals surface area contributed by atoms with E-state index in [-0.39, 0.29) is 11.8 Å². The van der Waals surface area contributed by atoms with Gasteiger partial charge >= 0.3 is 0 Å². The molecule has 0 saturated heterocycles. The van der Waals surface area contributed by atoms with Gasteiger partial charge in [-0.1, -0.05) is 13.8 Å². The Labute approximate surface area is 235 Å². The van der Waals surface area contributed by atoms with Crippen LogP contribution in [-0.4, -0.2) is 39.7 Å². The molecule has 2 aromatic heterocycles. The minimum atomic E-state index is -3.19. The van der Waals surface area contributed by atoms with Gasteiger partial charge in [0, 0.05) is 49.0 Å². The van der Waals surface area contributed by atoms with E-state index in [1.54, 1.807) is 30.8 Å². The molecule has 39 heavy (non-hydrogen) atoms. The van der Waals surface area contributed by atoms with Gasteiger partial charge in [0.25, 0.3) is 0 Å². The van der Waals surface area contributed by atoms with E-state index in [2.05, 4.69) is 28.5 Å². The fraction of sp³-hybridized carbons (Fsp3) is 0.379. The van der Waals surface area contributed by atoms with Crippen LogP contribution in [0.3, 0.4) is 0 Å². The van der Waals surface area contributed by atoms with E-state index in [1.807, 2.05) is 54.1 Å². The van der Waals surface area contributed by atoms with Crippen LogP contribution in [-0.2, 0) is 14.7 Å². The zero-order valence-corrected chi connectivity index (χ0v) is 24.6. The van der Waals surface area contributed by atoms with Crippen molar-refractivity contribution in [1.29, 1.82) is 4.78 Å². The highest BCUT2D eigenvalue weighted by atomic mass is 32.2. The number of Topliss-reactive ketones (excluding diaryl/α,β-unsaturated/α-hetero) is 1. The Bertz CT molecular complexity index is 1480. The molecule has 0 radical (unpaired) electrons. The summed E-state index contributed by atoms with van der Waals surface area (Å²) in [7, 11) is -1.54. The second kappa shape index (κ2) is 12.7. The molecule has 0 aliphatic carbocycles. The molecule has 0 aliphatic rings. The molecule has 208 valence electrons. The molecular formula is C29H37N5O3S2. The molecule has 2 N–H and O–H groups in total. The lowest BCUT2D eigenvalue weighted by molar-refractivity contribution is -0.121. The molecule has 0 bridgehead atoms. The quantitative estimate of drug-likeness (QED) is 0.171. The first-order valence-electron chi connectivity index (χ1n) is 13.2. The molecule has 3 unspecified atom stereocenters. The Hall–Kier alpha value is -3.37. The van der Waals surface area contributed by atoms with Gasteiger partial charge in [-0.25, -0.2) is 14.0 Å². The monoisotopic (exact) mass is 567 g/mol. The van der Waals surface area contributed by atoms with Gasteiger partial charge in [-0.2, -0.15) is 0 Å². The number of anilines is 2. The van der Waals surface area contributed by atoms with Crippen LogP contribution in [0.5, 0.6) is 5.75 Å². The van der Waals surface area contributed by atoms with Gasteiger partial charge in [-0.3, -0.25) is 9.52 Å². The highest BCUT2D eigenvalue weighted by Crippen LogP contribution is 2.27. The largest absolute Gasteiger partial charge is 0.497 e. The number of rotatable bonds is 14. The van der Waals surface area contributed by atoms with Crippen molar-refractivity contribution in [2.24, 2.45) is 5.92 Å². The minimum Gasteiger partial charge on any atom is -0.497 e. The van der Waals surface area contributed by atoms with Crippen molar-refractivity contribution in [2.45, 2.75) is 51.0 Å². The zero-order chi connectivity index (χ0) is 28.0. The van der Waals surface area contributed by atoms with Crippen LogP contribution in [0.2, 0.25) is 0 Å². The van der Waals surface area contributed by atoms with Crippen molar-refractivity contribution < 1.29 is 13.7 Å². The Balaban J connectivity index is 1.36. The summed E-state index contributed by atoms with van der Waals surface area (Å²) in [6.45, 7) is 7.97. The van der Waals surface area contributed by atoms with Crippen LogP contribution in [0.1, 0.15) is 46.1 Å². The summed E-state index contributed by atoms with van der Waals surface area (Å²) in [6.07, 6.45) is 5.87. The first-order valence-corrected chi connectivity index (χ1v) is 15.6. The van der Waals surface area contributed by atoms with Crippen molar-refractivity contribution in [1.82, 2.24) is 9.55 Å². The van der Waals surface area contributed by atoms with Gasteiger partial charge in [-0.05, 0) is 73.5 Å². The van der Waals surface area contributed by atoms with Crippen LogP contribution < -0.4 is 14.4 Å². The molecule has 0 saturated carbocycles. The normalized spacial score (nSPS) is 14.5. The lowest BCUT2D eigenvalue weighted by atomic mass is 9.99. The van der Waals surface area contributed by atoms with Crippen molar-refractivity contribution in [2.75, 3.05) is 29.8 Å². The predicted octanol–water partition coefficient (Wildman–Crippen LogP) is 7.00. The van der Waals surface area contributed by atoms with E-state index < -0.39 is 9.92 Å². The highest BCUT2D eigenvalue weighted by Gasteiger charge is 2.19. The molecule has 3 atom stereocenters. The molecule has 2 heterocycles. The fourth-order valence-corrected chi connectivity index (χ4v) is 6.57. The van der Waals surface area contributed by atoms with E-state index in [0.717, 1.165) is 48.3 Å². The highest BCUT2D eigenvalue weighted by molar-refractivity contribution is 7.94.